The van der Waals surface area contributed by atoms with Crippen LogP contribution in [0, 0.1) is 23.6 Å². The topological polar surface area (TPSA) is 87.2 Å². The molecule has 9 heteroatoms. The molecule has 0 saturated carbocycles. The summed E-state index contributed by atoms with van der Waals surface area (Å²) in [5, 5.41) is 9.71. The van der Waals surface area contributed by atoms with Crippen molar-refractivity contribution in [1.82, 2.24) is 9.21 Å². The Hall–Kier alpha value is -2.93. The van der Waals surface area contributed by atoms with Gasteiger partial charge in [-0.2, -0.15) is 4.31 Å². The molecule has 2 aromatic carbocycles. The van der Waals surface area contributed by atoms with Crippen LogP contribution in [0.4, 0.5) is 4.39 Å². The van der Waals surface area contributed by atoms with Gasteiger partial charge in [-0.15, -0.1) is 0 Å². The molecule has 1 aliphatic rings. The Morgan fingerprint density at radius 3 is 2.56 bits per heavy atom. The molecule has 1 N–H and O–H groups in total. The normalized spacial score (nSPS) is 20.5. The Bertz CT molecular complexity index is 1220. The fourth-order valence-corrected chi connectivity index (χ4v) is 5.46. The Morgan fingerprint density at radius 2 is 1.94 bits per heavy atom. The van der Waals surface area contributed by atoms with Crippen LogP contribution in [0.1, 0.15) is 31.9 Å². The van der Waals surface area contributed by atoms with Crippen molar-refractivity contribution >= 4 is 15.9 Å². The monoisotopic (exact) mass is 488 g/mol. The number of fused-ring (bicyclic) bond motifs is 1. The van der Waals surface area contributed by atoms with Gasteiger partial charge in [-0.05, 0) is 43.3 Å². The first-order valence-corrected chi connectivity index (χ1v) is 12.4. The lowest BCUT2D eigenvalue weighted by atomic mass is 10.0. The van der Waals surface area contributed by atoms with Crippen LogP contribution in [0.25, 0.3) is 0 Å². The Kier molecular flexibility index (Phi) is 7.97. The van der Waals surface area contributed by atoms with Crippen LogP contribution in [-0.2, 0) is 14.8 Å². The van der Waals surface area contributed by atoms with E-state index in [1.54, 1.807) is 38.2 Å². The molecule has 34 heavy (non-hydrogen) atoms. The van der Waals surface area contributed by atoms with E-state index in [2.05, 4.69) is 11.8 Å². The van der Waals surface area contributed by atoms with Crippen LogP contribution < -0.4 is 4.74 Å². The molecule has 0 bridgehead atoms. The summed E-state index contributed by atoms with van der Waals surface area (Å²) < 4.78 is 47.9. The predicted octanol–water partition coefficient (Wildman–Crippen LogP) is 2.47. The van der Waals surface area contributed by atoms with Gasteiger partial charge >= 0.3 is 0 Å². The lowest BCUT2D eigenvalue weighted by molar-refractivity contribution is -0.129. The number of aliphatic hydroxyl groups excluding tert-OH is 1. The average molecular weight is 489 g/mol. The minimum absolute atomic E-state index is 0.0357. The SMILES string of the molecule is CC(=O)N(C)C[C@@H]1Oc2cc(C#Cc3cccc(F)c3)ccc2S(=O)(=O)N([C@H](C)CO)C[C@@H]1C. The van der Waals surface area contributed by atoms with Crippen molar-refractivity contribution in [2.75, 3.05) is 26.7 Å². The van der Waals surface area contributed by atoms with E-state index < -0.39 is 28.0 Å². The van der Waals surface area contributed by atoms with Gasteiger partial charge < -0.3 is 14.7 Å². The van der Waals surface area contributed by atoms with Gasteiger partial charge in [0.1, 0.15) is 22.6 Å². The second-order valence-corrected chi connectivity index (χ2v) is 10.4. The number of hydrogen-bond acceptors (Lipinski definition) is 5. The third kappa shape index (κ3) is 5.76. The minimum atomic E-state index is -3.97. The van der Waals surface area contributed by atoms with E-state index >= 15 is 0 Å². The molecule has 3 atom stereocenters. The molecule has 0 saturated heterocycles. The van der Waals surface area contributed by atoms with Gasteiger partial charge in [0.05, 0.1) is 13.2 Å². The van der Waals surface area contributed by atoms with Gasteiger partial charge in [0, 0.05) is 43.6 Å². The first-order chi connectivity index (χ1) is 16.0. The maximum absolute atomic E-state index is 13.5. The van der Waals surface area contributed by atoms with Crippen LogP contribution in [-0.4, -0.2) is 67.5 Å². The van der Waals surface area contributed by atoms with Crippen molar-refractivity contribution in [2.24, 2.45) is 5.92 Å². The highest BCUT2D eigenvalue weighted by Crippen LogP contribution is 2.34. The maximum Gasteiger partial charge on any atom is 0.247 e. The zero-order valence-corrected chi connectivity index (χ0v) is 20.5. The number of rotatable bonds is 4. The maximum atomic E-state index is 13.5. The number of benzene rings is 2. The summed E-state index contributed by atoms with van der Waals surface area (Å²) in [7, 11) is -2.32. The van der Waals surface area contributed by atoms with Crippen LogP contribution in [0.3, 0.4) is 0 Å². The largest absolute Gasteiger partial charge is 0.487 e. The van der Waals surface area contributed by atoms with E-state index in [9.17, 15) is 22.7 Å². The van der Waals surface area contributed by atoms with Crippen LogP contribution in [0.2, 0.25) is 0 Å². The Labute approximate surface area is 200 Å². The molecule has 0 aromatic heterocycles. The van der Waals surface area contributed by atoms with E-state index in [1.165, 1.54) is 34.3 Å². The van der Waals surface area contributed by atoms with Crippen LogP contribution in [0.5, 0.6) is 5.75 Å². The highest BCUT2D eigenvalue weighted by Gasteiger charge is 2.38. The molecule has 0 radical (unpaired) electrons. The molecule has 7 nitrogen and oxygen atoms in total. The van der Waals surface area contributed by atoms with E-state index in [4.69, 9.17) is 4.74 Å². The second-order valence-electron chi connectivity index (χ2n) is 8.56. The summed E-state index contributed by atoms with van der Waals surface area (Å²) >= 11 is 0. The van der Waals surface area contributed by atoms with E-state index in [-0.39, 0.29) is 42.2 Å². The lowest BCUT2D eigenvalue weighted by Gasteiger charge is -2.37. The van der Waals surface area contributed by atoms with Gasteiger partial charge in [0.15, 0.2) is 0 Å². The minimum Gasteiger partial charge on any atom is -0.487 e. The van der Waals surface area contributed by atoms with Crippen molar-refractivity contribution in [2.45, 2.75) is 37.8 Å². The van der Waals surface area contributed by atoms with Crippen molar-refractivity contribution in [1.29, 1.82) is 0 Å². The average Bonchev–Trinajstić information content (AvgIpc) is 2.79. The quantitative estimate of drug-likeness (QED) is 0.669. The summed E-state index contributed by atoms with van der Waals surface area (Å²) in [6.07, 6.45) is -0.497. The Morgan fingerprint density at radius 1 is 1.26 bits per heavy atom. The number of amides is 1. The number of aliphatic hydroxyl groups is 1. The van der Waals surface area contributed by atoms with Crippen molar-refractivity contribution in [3.8, 4) is 17.6 Å². The van der Waals surface area contributed by atoms with Gasteiger partial charge in [-0.25, -0.2) is 12.8 Å². The van der Waals surface area contributed by atoms with Gasteiger partial charge in [0.25, 0.3) is 0 Å². The van der Waals surface area contributed by atoms with Gasteiger partial charge in [0.2, 0.25) is 15.9 Å². The number of hydrogen-bond donors (Lipinski definition) is 1. The second kappa shape index (κ2) is 10.6. The van der Waals surface area contributed by atoms with E-state index in [0.29, 0.717) is 11.1 Å². The molecular formula is C25H29FN2O5S. The summed E-state index contributed by atoms with van der Waals surface area (Å²) in [5.74, 6) is 5.10. The molecule has 0 fully saturated rings. The molecule has 0 aliphatic carbocycles. The number of ether oxygens (including phenoxy) is 1. The smallest absolute Gasteiger partial charge is 0.247 e. The zero-order chi connectivity index (χ0) is 25.0. The number of carbonyl (C=O) groups excluding carboxylic acids is 1. The summed E-state index contributed by atoms with van der Waals surface area (Å²) in [6.45, 7) is 4.99. The molecule has 2 aromatic rings. The molecule has 1 heterocycles. The first-order valence-electron chi connectivity index (χ1n) is 11.0. The van der Waals surface area contributed by atoms with Crippen molar-refractivity contribution in [3.63, 3.8) is 0 Å². The van der Waals surface area contributed by atoms with Gasteiger partial charge in [-0.1, -0.05) is 24.8 Å². The number of nitrogens with zero attached hydrogens (tertiary/aromatic N) is 2. The van der Waals surface area contributed by atoms with Gasteiger partial charge in [-0.3, -0.25) is 4.79 Å². The number of carbonyl (C=O) groups is 1. The summed E-state index contributed by atoms with van der Waals surface area (Å²) in [5.41, 5.74) is 0.977. The lowest BCUT2D eigenvalue weighted by Crippen LogP contribution is -2.50. The van der Waals surface area contributed by atoms with E-state index in [0.717, 1.165) is 0 Å². The number of likely N-dealkylation sites (N-methyl/N-ethyl adjacent to an activating group) is 1. The third-order valence-corrected chi connectivity index (χ3v) is 7.85. The third-order valence-electron chi connectivity index (χ3n) is 5.83. The van der Waals surface area contributed by atoms with Crippen LogP contribution >= 0.6 is 0 Å². The molecule has 3 rings (SSSR count). The van der Waals surface area contributed by atoms with Crippen molar-refractivity contribution < 1.29 is 27.4 Å². The number of sulfonamides is 1. The molecule has 0 unspecified atom stereocenters. The molecular weight excluding hydrogens is 459 g/mol. The Balaban J connectivity index is 2.08. The van der Waals surface area contributed by atoms with E-state index in [1.807, 2.05) is 6.92 Å². The highest BCUT2D eigenvalue weighted by molar-refractivity contribution is 7.89. The predicted molar refractivity (Wildman–Crippen MR) is 126 cm³/mol. The fourth-order valence-electron chi connectivity index (χ4n) is 3.63. The summed E-state index contributed by atoms with van der Waals surface area (Å²) in [6, 6.07) is 9.77. The molecule has 1 aliphatic heterocycles. The summed E-state index contributed by atoms with van der Waals surface area (Å²) in [4.78, 5) is 13.3. The van der Waals surface area contributed by atoms with Crippen LogP contribution in [0.15, 0.2) is 47.4 Å². The highest BCUT2D eigenvalue weighted by atomic mass is 32.2. The number of halogens is 1. The van der Waals surface area contributed by atoms with Crippen molar-refractivity contribution in [3.05, 3.63) is 59.4 Å². The molecule has 182 valence electrons. The zero-order valence-electron chi connectivity index (χ0n) is 19.7. The fraction of sp³-hybridized carbons (Fsp3) is 0.400. The first kappa shape index (κ1) is 25.7. The standard InChI is InChI=1S/C25H29FN2O5S/c1-17-14-28(18(2)16-29)34(31,32)25-11-10-21(9-8-20-6-5-7-22(26)12-20)13-23(25)33-24(17)15-27(4)19(3)30/h5-7,10-13,17-18,24,29H,14-16H2,1-4H3/t17-,18+,24-/m0/s1. The molecule has 0 spiro atoms. The molecule has 1 amide bonds.